The molecule has 0 heterocycles. The number of carbonyl (C=O) groups is 2. The summed E-state index contributed by atoms with van der Waals surface area (Å²) in [5, 5.41) is 11.3. The number of carbonyl (C=O) groups excluding carboxylic acids is 1. The quantitative estimate of drug-likeness (QED) is 0.520. The SMILES string of the molecule is C=CCOCC(NC(=O)CC(C)(C)C)C(=O)O. The Bertz CT molecular complexity index is 281. The van der Waals surface area contributed by atoms with Crippen LogP contribution >= 0.6 is 0 Å². The van der Waals surface area contributed by atoms with Crippen molar-refractivity contribution < 1.29 is 19.4 Å². The zero-order valence-electron chi connectivity index (χ0n) is 10.7. The Morgan fingerprint density at radius 1 is 1.47 bits per heavy atom. The molecule has 0 aromatic heterocycles. The molecule has 0 spiro atoms. The van der Waals surface area contributed by atoms with Gasteiger partial charge in [-0.2, -0.15) is 0 Å². The van der Waals surface area contributed by atoms with Crippen LogP contribution in [-0.2, 0) is 14.3 Å². The van der Waals surface area contributed by atoms with Gasteiger partial charge in [0.05, 0.1) is 13.2 Å². The Morgan fingerprint density at radius 3 is 2.47 bits per heavy atom. The topological polar surface area (TPSA) is 75.6 Å². The van der Waals surface area contributed by atoms with Gasteiger partial charge in [0.25, 0.3) is 0 Å². The highest BCUT2D eigenvalue weighted by Gasteiger charge is 2.23. The van der Waals surface area contributed by atoms with Crippen LogP contribution in [0, 0.1) is 5.41 Å². The summed E-state index contributed by atoms with van der Waals surface area (Å²) < 4.78 is 5.02. The molecule has 0 saturated heterocycles. The van der Waals surface area contributed by atoms with Gasteiger partial charge in [0.15, 0.2) is 6.04 Å². The highest BCUT2D eigenvalue weighted by molar-refractivity contribution is 5.83. The zero-order valence-corrected chi connectivity index (χ0v) is 10.7. The smallest absolute Gasteiger partial charge is 0.328 e. The number of ether oxygens (including phenoxy) is 1. The van der Waals surface area contributed by atoms with Gasteiger partial charge in [-0.05, 0) is 5.41 Å². The highest BCUT2D eigenvalue weighted by atomic mass is 16.5. The fourth-order valence-corrected chi connectivity index (χ4v) is 1.17. The predicted molar refractivity (Wildman–Crippen MR) is 64.7 cm³/mol. The van der Waals surface area contributed by atoms with E-state index in [1.807, 2.05) is 20.8 Å². The van der Waals surface area contributed by atoms with Crippen molar-refractivity contribution in [2.45, 2.75) is 33.2 Å². The summed E-state index contributed by atoms with van der Waals surface area (Å²) in [6.07, 6.45) is 1.80. The molecular formula is C12H21NO4. The minimum absolute atomic E-state index is 0.0583. The summed E-state index contributed by atoms with van der Waals surface area (Å²) in [4.78, 5) is 22.4. The minimum atomic E-state index is -1.10. The lowest BCUT2D eigenvalue weighted by atomic mass is 9.92. The minimum Gasteiger partial charge on any atom is -0.480 e. The number of amides is 1. The average Bonchev–Trinajstić information content (AvgIpc) is 2.13. The van der Waals surface area contributed by atoms with Gasteiger partial charge in [0.2, 0.25) is 5.91 Å². The molecule has 17 heavy (non-hydrogen) atoms. The number of carboxylic acid groups (broad SMARTS) is 1. The Labute approximate surface area is 102 Å². The number of aliphatic carboxylic acids is 1. The van der Waals surface area contributed by atoms with E-state index in [1.54, 1.807) is 0 Å². The van der Waals surface area contributed by atoms with Gasteiger partial charge in [-0.15, -0.1) is 6.58 Å². The Balaban J connectivity index is 4.20. The van der Waals surface area contributed by atoms with Crippen LogP contribution in [0.5, 0.6) is 0 Å². The molecule has 0 radical (unpaired) electrons. The van der Waals surface area contributed by atoms with Crippen molar-refractivity contribution in [3.05, 3.63) is 12.7 Å². The summed E-state index contributed by atoms with van der Waals surface area (Å²) in [7, 11) is 0. The molecule has 0 aromatic rings. The summed E-state index contributed by atoms with van der Waals surface area (Å²) in [5.74, 6) is -1.39. The normalized spacial score (nSPS) is 12.9. The van der Waals surface area contributed by atoms with Gasteiger partial charge in [-0.3, -0.25) is 4.79 Å². The fourth-order valence-electron chi connectivity index (χ4n) is 1.17. The first kappa shape index (κ1) is 15.6. The predicted octanol–water partition coefficient (Wildman–Crippen LogP) is 1.19. The van der Waals surface area contributed by atoms with Crippen molar-refractivity contribution in [3.8, 4) is 0 Å². The Morgan fingerprint density at radius 2 is 2.06 bits per heavy atom. The van der Waals surface area contributed by atoms with Crippen molar-refractivity contribution in [2.24, 2.45) is 5.41 Å². The van der Waals surface area contributed by atoms with E-state index in [4.69, 9.17) is 9.84 Å². The van der Waals surface area contributed by atoms with E-state index in [0.717, 1.165) is 0 Å². The maximum atomic E-state index is 11.6. The number of hydrogen-bond donors (Lipinski definition) is 2. The molecule has 1 amide bonds. The summed E-state index contributed by atoms with van der Waals surface area (Å²) in [5.41, 5.74) is -0.172. The molecule has 0 aliphatic carbocycles. The monoisotopic (exact) mass is 243 g/mol. The van der Waals surface area contributed by atoms with Crippen LogP contribution in [0.3, 0.4) is 0 Å². The van der Waals surface area contributed by atoms with E-state index in [1.165, 1.54) is 6.08 Å². The summed E-state index contributed by atoms with van der Waals surface area (Å²) in [6, 6.07) is -1.01. The third-order valence-corrected chi connectivity index (χ3v) is 1.84. The van der Waals surface area contributed by atoms with E-state index < -0.39 is 12.0 Å². The third-order valence-electron chi connectivity index (χ3n) is 1.84. The van der Waals surface area contributed by atoms with E-state index in [2.05, 4.69) is 11.9 Å². The molecule has 0 rings (SSSR count). The van der Waals surface area contributed by atoms with Crippen LogP contribution in [0.1, 0.15) is 27.2 Å². The maximum absolute atomic E-state index is 11.6. The van der Waals surface area contributed by atoms with Crippen molar-refractivity contribution in [2.75, 3.05) is 13.2 Å². The lowest BCUT2D eigenvalue weighted by Crippen LogP contribution is -2.44. The number of rotatable bonds is 7. The number of nitrogens with one attached hydrogen (secondary N) is 1. The van der Waals surface area contributed by atoms with Crippen LogP contribution in [-0.4, -0.2) is 36.2 Å². The molecule has 0 aromatic carbocycles. The molecule has 0 fully saturated rings. The molecule has 0 saturated carbocycles. The van der Waals surface area contributed by atoms with Crippen molar-refractivity contribution in [1.29, 1.82) is 0 Å². The van der Waals surface area contributed by atoms with Crippen molar-refractivity contribution >= 4 is 11.9 Å². The van der Waals surface area contributed by atoms with Crippen molar-refractivity contribution in [1.82, 2.24) is 5.32 Å². The molecule has 0 aliphatic heterocycles. The first-order chi connectivity index (χ1) is 7.76. The van der Waals surface area contributed by atoms with Crippen LogP contribution < -0.4 is 5.32 Å². The van der Waals surface area contributed by atoms with Gasteiger partial charge >= 0.3 is 5.97 Å². The first-order valence-corrected chi connectivity index (χ1v) is 5.47. The van der Waals surface area contributed by atoms with E-state index in [9.17, 15) is 9.59 Å². The third kappa shape index (κ3) is 8.45. The van der Waals surface area contributed by atoms with Crippen LogP contribution in [0.15, 0.2) is 12.7 Å². The van der Waals surface area contributed by atoms with Crippen LogP contribution in [0.2, 0.25) is 0 Å². The van der Waals surface area contributed by atoms with Crippen LogP contribution in [0.4, 0.5) is 0 Å². The molecule has 0 aliphatic rings. The second-order valence-corrected chi connectivity index (χ2v) is 5.02. The molecule has 5 heteroatoms. The van der Waals surface area contributed by atoms with Gasteiger partial charge in [0.1, 0.15) is 0 Å². The maximum Gasteiger partial charge on any atom is 0.328 e. The Kier molecular flexibility index (Phi) is 6.50. The van der Waals surface area contributed by atoms with E-state index in [-0.39, 0.29) is 31.0 Å². The summed E-state index contributed by atoms with van der Waals surface area (Å²) in [6.45, 7) is 9.40. The molecule has 98 valence electrons. The standard InChI is InChI=1S/C12H21NO4/c1-5-6-17-8-9(11(15)16)13-10(14)7-12(2,3)4/h5,9H,1,6-8H2,2-4H3,(H,13,14)(H,15,16). The summed E-state index contributed by atoms with van der Waals surface area (Å²) >= 11 is 0. The van der Waals surface area contributed by atoms with Gasteiger partial charge in [-0.1, -0.05) is 26.8 Å². The molecule has 1 atom stereocenters. The van der Waals surface area contributed by atoms with Crippen LogP contribution in [0.25, 0.3) is 0 Å². The molecule has 0 bridgehead atoms. The second-order valence-electron chi connectivity index (χ2n) is 5.02. The van der Waals surface area contributed by atoms with E-state index >= 15 is 0 Å². The fraction of sp³-hybridized carbons (Fsp3) is 0.667. The number of carboxylic acids is 1. The highest BCUT2D eigenvalue weighted by Crippen LogP contribution is 2.17. The zero-order chi connectivity index (χ0) is 13.5. The number of hydrogen-bond acceptors (Lipinski definition) is 3. The molecule has 2 N–H and O–H groups in total. The van der Waals surface area contributed by atoms with Gasteiger partial charge < -0.3 is 15.2 Å². The second kappa shape index (κ2) is 7.06. The van der Waals surface area contributed by atoms with Gasteiger partial charge in [-0.25, -0.2) is 4.79 Å². The average molecular weight is 243 g/mol. The molecular weight excluding hydrogens is 222 g/mol. The molecule has 1 unspecified atom stereocenters. The van der Waals surface area contributed by atoms with Gasteiger partial charge in [0, 0.05) is 6.42 Å². The van der Waals surface area contributed by atoms with Crippen molar-refractivity contribution in [3.63, 3.8) is 0 Å². The largest absolute Gasteiger partial charge is 0.480 e. The Hall–Kier alpha value is -1.36. The van der Waals surface area contributed by atoms with E-state index in [0.29, 0.717) is 0 Å². The lowest BCUT2D eigenvalue weighted by Gasteiger charge is -2.20. The first-order valence-electron chi connectivity index (χ1n) is 5.47. The molecule has 5 nitrogen and oxygen atoms in total. The lowest BCUT2D eigenvalue weighted by molar-refractivity contribution is -0.143.